The molecule has 4 heteroatoms. The van der Waals surface area contributed by atoms with Crippen molar-refractivity contribution in [2.45, 2.75) is 20.3 Å². The molecule has 4 nitrogen and oxygen atoms in total. The fourth-order valence-electron chi connectivity index (χ4n) is 1.83. The third kappa shape index (κ3) is 4.91. The van der Waals surface area contributed by atoms with Gasteiger partial charge in [0.25, 0.3) is 0 Å². The van der Waals surface area contributed by atoms with E-state index in [1.165, 1.54) is 11.1 Å². The number of methoxy groups -OCH3 is 1. The van der Waals surface area contributed by atoms with Crippen LogP contribution in [0.3, 0.4) is 0 Å². The van der Waals surface area contributed by atoms with Crippen molar-refractivity contribution < 1.29 is 9.53 Å². The van der Waals surface area contributed by atoms with Gasteiger partial charge >= 0.3 is 0 Å². The Morgan fingerprint density at radius 3 is 2.47 bits per heavy atom. The van der Waals surface area contributed by atoms with Crippen molar-refractivity contribution in [3.05, 3.63) is 28.8 Å². The highest BCUT2D eigenvalue weighted by molar-refractivity contribution is 5.79. The summed E-state index contributed by atoms with van der Waals surface area (Å²) in [4.78, 5) is 13.9. The number of amides is 1. The molecule has 0 heterocycles. The number of ether oxygens (including phenoxy) is 1. The summed E-state index contributed by atoms with van der Waals surface area (Å²) in [6.45, 7) is 5.59. The van der Waals surface area contributed by atoms with Gasteiger partial charge in [-0.1, -0.05) is 6.07 Å². The molecule has 1 aromatic carbocycles. The number of hydrogen-bond acceptors (Lipinski definition) is 3. The van der Waals surface area contributed by atoms with Crippen molar-refractivity contribution in [2.75, 3.05) is 34.3 Å². The average Bonchev–Trinajstić information content (AvgIpc) is 2.33. The summed E-state index contributed by atoms with van der Waals surface area (Å²) >= 11 is 0. The van der Waals surface area contributed by atoms with Gasteiger partial charge in [-0.05, 0) is 45.1 Å². The second-order valence-electron chi connectivity index (χ2n) is 5.08. The number of nitrogens with zero attached hydrogens (tertiary/aromatic N) is 1. The first-order valence-electron chi connectivity index (χ1n) is 6.49. The van der Waals surface area contributed by atoms with Gasteiger partial charge in [0.05, 0.1) is 13.5 Å². The van der Waals surface area contributed by atoms with E-state index in [2.05, 4.69) is 5.32 Å². The van der Waals surface area contributed by atoms with Crippen LogP contribution >= 0.6 is 0 Å². The molecule has 0 aliphatic rings. The lowest BCUT2D eigenvalue weighted by molar-refractivity contribution is -0.120. The van der Waals surface area contributed by atoms with Gasteiger partial charge in [0.1, 0.15) is 5.75 Å². The van der Waals surface area contributed by atoms with E-state index in [4.69, 9.17) is 4.74 Å². The summed E-state index contributed by atoms with van der Waals surface area (Å²) in [6, 6.07) is 4.01. The van der Waals surface area contributed by atoms with E-state index < -0.39 is 0 Å². The average molecular weight is 264 g/mol. The molecular weight excluding hydrogens is 240 g/mol. The van der Waals surface area contributed by atoms with Crippen LogP contribution in [0.1, 0.15) is 16.7 Å². The van der Waals surface area contributed by atoms with Crippen molar-refractivity contribution in [3.63, 3.8) is 0 Å². The Morgan fingerprint density at radius 2 is 1.89 bits per heavy atom. The number of carbonyl (C=O) groups excluding carboxylic acids is 1. The van der Waals surface area contributed by atoms with Crippen LogP contribution < -0.4 is 10.1 Å². The van der Waals surface area contributed by atoms with Gasteiger partial charge in [0.15, 0.2) is 0 Å². The van der Waals surface area contributed by atoms with E-state index in [1.807, 2.05) is 45.0 Å². The lowest BCUT2D eigenvalue weighted by Crippen LogP contribution is -2.32. The fraction of sp³-hybridized carbons (Fsp3) is 0.533. The molecule has 0 unspecified atom stereocenters. The maximum Gasteiger partial charge on any atom is 0.224 e. The van der Waals surface area contributed by atoms with Crippen molar-refractivity contribution in [2.24, 2.45) is 0 Å². The van der Waals surface area contributed by atoms with Crippen LogP contribution in [0.4, 0.5) is 0 Å². The second-order valence-corrected chi connectivity index (χ2v) is 5.08. The molecule has 0 fully saturated rings. The predicted molar refractivity (Wildman–Crippen MR) is 77.7 cm³/mol. The zero-order valence-electron chi connectivity index (χ0n) is 12.5. The summed E-state index contributed by atoms with van der Waals surface area (Å²) in [5, 5.41) is 2.91. The number of nitrogens with one attached hydrogen (secondary N) is 1. The largest absolute Gasteiger partial charge is 0.496 e. The van der Waals surface area contributed by atoms with Crippen LogP contribution in [0, 0.1) is 13.8 Å². The third-order valence-electron chi connectivity index (χ3n) is 3.13. The molecule has 0 saturated heterocycles. The number of likely N-dealkylation sites (N-methyl/N-ethyl adjacent to an activating group) is 1. The quantitative estimate of drug-likeness (QED) is 0.847. The number of rotatable bonds is 6. The van der Waals surface area contributed by atoms with E-state index in [1.54, 1.807) is 7.11 Å². The van der Waals surface area contributed by atoms with Gasteiger partial charge in [-0.3, -0.25) is 4.79 Å². The van der Waals surface area contributed by atoms with Crippen molar-refractivity contribution in [3.8, 4) is 5.75 Å². The van der Waals surface area contributed by atoms with E-state index >= 15 is 0 Å². The molecule has 0 aromatic heterocycles. The first kappa shape index (κ1) is 15.5. The number of benzene rings is 1. The zero-order chi connectivity index (χ0) is 14.4. The van der Waals surface area contributed by atoms with Crippen LogP contribution in [0.15, 0.2) is 12.1 Å². The smallest absolute Gasteiger partial charge is 0.224 e. The molecule has 1 N–H and O–H groups in total. The zero-order valence-corrected chi connectivity index (χ0v) is 12.5. The predicted octanol–water partition coefficient (Wildman–Crippen LogP) is 1.53. The summed E-state index contributed by atoms with van der Waals surface area (Å²) in [6.07, 6.45) is 0.359. The molecule has 0 atom stereocenters. The molecule has 0 saturated carbocycles. The van der Waals surface area contributed by atoms with Crippen LogP contribution in [0.2, 0.25) is 0 Å². The Labute approximate surface area is 115 Å². The second kappa shape index (κ2) is 7.14. The first-order chi connectivity index (χ1) is 8.93. The minimum atomic E-state index is 0.0309. The first-order valence-corrected chi connectivity index (χ1v) is 6.49. The molecule has 0 spiro atoms. The molecule has 0 aliphatic carbocycles. The molecule has 1 rings (SSSR count). The standard InChI is InChI=1S/C15H24N2O2/c1-11-8-13(14(19-5)9-12(11)2)10-15(18)16-6-7-17(3)4/h8-9H,6-7,10H2,1-5H3,(H,16,18). The molecule has 0 radical (unpaired) electrons. The van der Waals surface area contributed by atoms with Gasteiger partial charge < -0.3 is 15.0 Å². The molecule has 0 aliphatic heterocycles. The Morgan fingerprint density at radius 1 is 1.26 bits per heavy atom. The maximum atomic E-state index is 11.9. The van der Waals surface area contributed by atoms with E-state index in [0.29, 0.717) is 13.0 Å². The van der Waals surface area contributed by atoms with Gasteiger partial charge in [-0.2, -0.15) is 0 Å². The maximum absolute atomic E-state index is 11.9. The van der Waals surface area contributed by atoms with Crippen LogP contribution in [0.5, 0.6) is 5.75 Å². The molecule has 0 bridgehead atoms. The van der Waals surface area contributed by atoms with Gasteiger partial charge in [0, 0.05) is 18.7 Å². The van der Waals surface area contributed by atoms with Crippen LogP contribution in [0.25, 0.3) is 0 Å². The van der Waals surface area contributed by atoms with Gasteiger partial charge in [-0.15, -0.1) is 0 Å². The Kier molecular flexibility index (Phi) is 5.83. The number of hydrogen-bond donors (Lipinski definition) is 1. The summed E-state index contributed by atoms with van der Waals surface area (Å²) in [5.74, 6) is 0.814. The molecule has 1 aromatic rings. The Bertz CT molecular complexity index is 442. The fourth-order valence-corrected chi connectivity index (χ4v) is 1.83. The summed E-state index contributed by atoms with van der Waals surface area (Å²) in [5.41, 5.74) is 3.29. The van der Waals surface area contributed by atoms with Crippen molar-refractivity contribution in [1.29, 1.82) is 0 Å². The topological polar surface area (TPSA) is 41.6 Å². The lowest BCUT2D eigenvalue weighted by Gasteiger charge is -2.13. The van der Waals surface area contributed by atoms with Crippen LogP contribution in [-0.2, 0) is 11.2 Å². The minimum absolute atomic E-state index is 0.0309. The molecule has 19 heavy (non-hydrogen) atoms. The van der Waals surface area contributed by atoms with Crippen molar-refractivity contribution in [1.82, 2.24) is 10.2 Å². The highest BCUT2D eigenvalue weighted by atomic mass is 16.5. The summed E-state index contributed by atoms with van der Waals surface area (Å²) < 4.78 is 5.34. The molecular formula is C15H24N2O2. The third-order valence-corrected chi connectivity index (χ3v) is 3.13. The van der Waals surface area contributed by atoms with Gasteiger partial charge in [-0.25, -0.2) is 0 Å². The number of aryl methyl sites for hydroxylation is 2. The van der Waals surface area contributed by atoms with Gasteiger partial charge in [0.2, 0.25) is 5.91 Å². The minimum Gasteiger partial charge on any atom is -0.496 e. The van der Waals surface area contributed by atoms with Crippen molar-refractivity contribution >= 4 is 5.91 Å². The Hall–Kier alpha value is -1.55. The monoisotopic (exact) mass is 264 g/mol. The molecule has 1 amide bonds. The van der Waals surface area contributed by atoms with E-state index in [0.717, 1.165) is 17.9 Å². The SMILES string of the molecule is COc1cc(C)c(C)cc1CC(=O)NCCN(C)C. The Balaban J connectivity index is 2.65. The highest BCUT2D eigenvalue weighted by Gasteiger charge is 2.10. The lowest BCUT2D eigenvalue weighted by atomic mass is 10.0. The highest BCUT2D eigenvalue weighted by Crippen LogP contribution is 2.23. The van der Waals surface area contributed by atoms with Crippen LogP contribution in [-0.4, -0.2) is 45.1 Å². The summed E-state index contributed by atoms with van der Waals surface area (Å²) in [7, 11) is 5.61. The van der Waals surface area contributed by atoms with E-state index in [9.17, 15) is 4.79 Å². The normalized spacial score (nSPS) is 10.6. The number of carbonyl (C=O) groups is 1. The molecule has 106 valence electrons. The van der Waals surface area contributed by atoms with E-state index in [-0.39, 0.29) is 5.91 Å².